The number of hydrogen-bond donors (Lipinski definition) is 6. The molecule has 6 N–H and O–H groups in total. The summed E-state index contributed by atoms with van der Waals surface area (Å²) in [5, 5.41) is 59.3. The first-order chi connectivity index (χ1) is 14.4. The number of ether oxygens (including phenoxy) is 4. The molecule has 0 unspecified atom stereocenters. The van der Waals surface area contributed by atoms with Crippen LogP contribution in [0.25, 0.3) is 0 Å². The van der Waals surface area contributed by atoms with Crippen molar-refractivity contribution in [3.05, 3.63) is 35.9 Å². The Kier molecular flexibility index (Phi) is 7.74. The molecule has 11 heteroatoms. The van der Waals surface area contributed by atoms with Crippen molar-refractivity contribution < 1.29 is 54.4 Å². The van der Waals surface area contributed by atoms with Crippen molar-refractivity contribution in [3.8, 4) is 0 Å². The predicted octanol–water partition coefficient (Wildman–Crippen LogP) is -2.85. The molecule has 1 aromatic rings. The Labute approximate surface area is 172 Å². The topological polar surface area (TPSA) is 175 Å². The molecule has 9 atom stereocenters. The molecule has 0 amide bonds. The minimum Gasteiger partial charge on any atom is -0.453 e. The Balaban J connectivity index is 1.70. The van der Waals surface area contributed by atoms with Crippen molar-refractivity contribution in [3.63, 3.8) is 0 Å². The molecule has 0 aliphatic carbocycles. The Morgan fingerprint density at radius 2 is 1.60 bits per heavy atom. The van der Waals surface area contributed by atoms with E-state index in [-0.39, 0.29) is 12.2 Å². The lowest BCUT2D eigenvalue weighted by Crippen LogP contribution is -2.62. The van der Waals surface area contributed by atoms with Crippen LogP contribution in [-0.4, -0.2) is 112 Å². The van der Waals surface area contributed by atoms with Crippen molar-refractivity contribution in [1.82, 2.24) is 0 Å². The summed E-state index contributed by atoms with van der Waals surface area (Å²) in [6.45, 7) is -1.41. The van der Waals surface area contributed by atoms with Gasteiger partial charge in [-0.15, -0.1) is 0 Å². The van der Waals surface area contributed by atoms with Crippen molar-refractivity contribution in [2.75, 3.05) is 19.8 Å². The van der Waals surface area contributed by atoms with Gasteiger partial charge in [0.2, 0.25) is 0 Å². The third-order valence-corrected chi connectivity index (χ3v) is 5.15. The fourth-order valence-electron chi connectivity index (χ4n) is 3.38. The van der Waals surface area contributed by atoms with E-state index in [0.29, 0.717) is 0 Å². The van der Waals surface area contributed by atoms with E-state index in [2.05, 4.69) is 0 Å². The number of carbonyl (C=O) groups is 1. The maximum absolute atomic E-state index is 12.4. The zero-order valence-corrected chi connectivity index (χ0v) is 15.9. The summed E-state index contributed by atoms with van der Waals surface area (Å²) in [5.41, 5.74) is 0.235. The van der Waals surface area contributed by atoms with Crippen molar-refractivity contribution in [2.45, 2.75) is 55.1 Å². The summed E-state index contributed by atoms with van der Waals surface area (Å²) in [6, 6.07) is 8.04. The molecular weight excluding hydrogens is 404 g/mol. The van der Waals surface area contributed by atoms with E-state index >= 15 is 0 Å². The van der Waals surface area contributed by atoms with Crippen LogP contribution in [0.2, 0.25) is 0 Å². The van der Waals surface area contributed by atoms with Crippen LogP contribution in [0.3, 0.4) is 0 Å². The summed E-state index contributed by atoms with van der Waals surface area (Å²) in [6.07, 6.45) is -12.5. The molecule has 30 heavy (non-hydrogen) atoms. The second-order valence-electron chi connectivity index (χ2n) is 7.15. The highest BCUT2D eigenvalue weighted by Gasteiger charge is 2.48. The van der Waals surface area contributed by atoms with Gasteiger partial charge < -0.3 is 49.6 Å². The van der Waals surface area contributed by atoms with Gasteiger partial charge in [0.25, 0.3) is 0 Å². The van der Waals surface area contributed by atoms with E-state index in [1.54, 1.807) is 18.2 Å². The monoisotopic (exact) mass is 430 g/mol. The zero-order valence-electron chi connectivity index (χ0n) is 15.9. The van der Waals surface area contributed by atoms with E-state index < -0.39 is 74.3 Å². The number of aliphatic hydroxyl groups is 6. The van der Waals surface area contributed by atoms with Crippen LogP contribution >= 0.6 is 0 Å². The number of carbonyl (C=O) groups excluding carboxylic acids is 1. The highest BCUT2D eigenvalue weighted by atomic mass is 16.7. The van der Waals surface area contributed by atoms with Gasteiger partial charge >= 0.3 is 5.97 Å². The third-order valence-electron chi connectivity index (χ3n) is 5.15. The van der Waals surface area contributed by atoms with Crippen LogP contribution in [0, 0.1) is 0 Å². The minimum atomic E-state index is -1.67. The van der Waals surface area contributed by atoms with E-state index in [0.717, 1.165) is 0 Å². The molecule has 0 bridgehead atoms. The summed E-state index contributed by atoms with van der Waals surface area (Å²) >= 11 is 0. The van der Waals surface area contributed by atoms with Crippen LogP contribution < -0.4 is 0 Å². The van der Waals surface area contributed by atoms with Crippen LogP contribution in [0.15, 0.2) is 30.3 Å². The summed E-state index contributed by atoms with van der Waals surface area (Å²) in [7, 11) is 0. The average molecular weight is 430 g/mol. The zero-order chi connectivity index (χ0) is 21.8. The van der Waals surface area contributed by atoms with E-state index in [4.69, 9.17) is 18.9 Å². The van der Waals surface area contributed by atoms with Crippen LogP contribution in [0.5, 0.6) is 0 Å². The molecule has 168 valence electrons. The fraction of sp³-hybridized carbons (Fsp3) is 0.632. The molecule has 2 aliphatic heterocycles. The van der Waals surface area contributed by atoms with Gasteiger partial charge in [0.05, 0.1) is 25.4 Å². The van der Waals surface area contributed by atoms with Crippen LogP contribution in [0.4, 0.5) is 0 Å². The molecule has 3 rings (SSSR count). The molecule has 2 fully saturated rings. The van der Waals surface area contributed by atoms with E-state index in [1.807, 2.05) is 0 Å². The highest BCUT2D eigenvalue weighted by Crippen LogP contribution is 2.27. The van der Waals surface area contributed by atoms with Crippen LogP contribution in [0.1, 0.15) is 10.4 Å². The van der Waals surface area contributed by atoms with Gasteiger partial charge in [-0.05, 0) is 12.1 Å². The average Bonchev–Trinajstić information content (AvgIpc) is 2.77. The summed E-state index contributed by atoms with van der Waals surface area (Å²) < 4.78 is 21.5. The standard InChI is InChI=1S/C19H26O11/c20-6-10-13(22)15(24)16(25)19(28-10)29-12-8-27-11(7-21)17(14(12)23)30-18(26)9-4-2-1-3-5-9/h1-5,10-17,19-25H,6-8H2/t10-,11-,12+,13-,14+,15+,16-,17+,19-/m1/s1. The highest BCUT2D eigenvalue weighted by molar-refractivity contribution is 5.89. The van der Waals surface area contributed by atoms with Crippen LogP contribution in [-0.2, 0) is 18.9 Å². The number of hydrogen-bond acceptors (Lipinski definition) is 11. The molecule has 1 aromatic carbocycles. The largest absolute Gasteiger partial charge is 0.453 e. The Bertz CT molecular complexity index is 684. The van der Waals surface area contributed by atoms with E-state index in [1.165, 1.54) is 12.1 Å². The molecule has 2 aliphatic rings. The molecule has 11 nitrogen and oxygen atoms in total. The quantitative estimate of drug-likeness (QED) is 0.256. The molecule has 2 heterocycles. The first-order valence-electron chi connectivity index (χ1n) is 9.50. The number of rotatable bonds is 6. The molecule has 0 spiro atoms. The summed E-state index contributed by atoms with van der Waals surface area (Å²) in [4.78, 5) is 12.4. The molecule has 0 saturated carbocycles. The van der Waals surface area contributed by atoms with Gasteiger partial charge in [-0.25, -0.2) is 4.79 Å². The Morgan fingerprint density at radius 3 is 2.23 bits per heavy atom. The van der Waals surface area contributed by atoms with Crippen molar-refractivity contribution in [1.29, 1.82) is 0 Å². The SMILES string of the molecule is O=C(O[C@@H]1[C@@H](O)[C@@H](O[C@H]2O[C@H](CO)[C@@H](O)[C@H](O)[C@H]2O)CO[C@@H]1CO)c1ccccc1. The van der Waals surface area contributed by atoms with Crippen molar-refractivity contribution >= 4 is 5.97 Å². The van der Waals surface area contributed by atoms with Gasteiger partial charge in [0.15, 0.2) is 12.4 Å². The third kappa shape index (κ3) is 4.80. The van der Waals surface area contributed by atoms with E-state index in [9.17, 15) is 35.4 Å². The Hall–Kier alpha value is -1.67. The van der Waals surface area contributed by atoms with Crippen molar-refractivity contribution in [2.24, 2.45) is 0 Å². The normalized spacial score (nSPS) is 39.5. The smallest absolute Gasteiger partial charge is 0.338 e. The van der Waals surface area contributed by atoms with Gasteiger partial charge in [0, 0.05) is 0 Å². The first kappa shape index (κ1) is 23.0. The van der Waals surface area contributed by atoms with Gasteiger partial charge in [-0.1, -0.05) is 18.2 Å². The maximum Gasteiger partial charge on any atom is 0.338 e. The first-order valence-corrected chi connectivity index (χ1v) is 9.50. The lowest BCUT2D eigenvalue weighted by atomic mass is 9.98. The number of benzene rings is 1. The Morgan fingerprint density at radius 1 is 0.933 bits per heavy atom. The minimum absolute atomic E-state index is 0.235. The second-order valence-corrected chi connectivity index (χ2v) is 7.15. The lowest BCUT2D eigenvalue weighted by Gasteiger charge is -2.44. The second kappa shape index (κ2) is 10.1. The fourth-order valence-corrected chi connectivity index (χ4v) is 3.38. The number of aliphatic hydroxyl groups excluding tert-OH is 6. The van der Waals surface area contributed by atoms with Gasteiger partial charge in [-0.3, -0.25) is 0 Å². The molecule has 2 saturated heterocycles. The maximum atomic E-state index is 12.4. The van der Waals surface area contributed by atoms with Gasteiger partial charge in [-0.2, -0.15) is 0 Å². The lowest BCUT2D eigenvalue weighted by molar-refractivity contribution is -0.331. The van der Waals surface area contributed by atoms with Gasteiger partial charge in [0.1, 0.15) is 42.7 Å². The predicted molar refractivity (Wildman–Crippen MR) is 97.1 cm³/mol. The molecule has 0 radical (unpaired) electrons. The molecule has 0 aromatic heterocycles. The number of esters is 1. The summed E-state index contributed by atoms with van der Waals surface area (Å²) in [5.74, 6) is -0.741. The molecular formula is C19H26O11.